The van der Waals surface area contributed by atoms with Gasteiger partial charge in [0.2, 0.25) is 5.91 Å². The highest BCUT2D eigenvalue weighted by molar-refractivity contribution is 8.16. The van der Waals surface area contributed by atoms with Gasteiger partial charge in [-0.3, -0.25) is 9.59 Å². The van der Waals surface area contributed by atoms with Crippen molar-refractivity contribution in [2.75, 3.05) is 33.7 Å². The van der Waals surface area contributed by atoms with Crippen LogP contribution in [-0.4, -0.2) is 71.3 Å². The number of nitrogens with one attached hydrogen (secondary N) is 1. The first kappa shape index (κ1) is 20.2. The molecule has 0 aromatic rings. The predicted molar refractivity (Wildman–Crippen MR) is 113 cm³/mol. The lowest BCUT2D eigenvalue weighted by Gasteiger charge is -2.35. The first-order valence-electron chi connectivity index (χ1n) is 10.8. The van der Waals surface area contributed by atoms with E-state index in [9.17, 15) is 9.59 Å². The minimum absolute atomic E-state index is 0.0225. The number of amidine groups is 1. The van der Waals surface area contributed by atoms with Crippen molar-refractivity contribution < 1.29 is 9.59 Å². The Hall–Kier alpha value is -1.08. The molecule has 0 spiro atoms. The standard InChI is InChI=1S/C21H34N4O2S/c1-21(12-14-6-8-25(9-7-14)18(26)13-24(2)3)19(27)23-20(28-21)22-17-11-15-4-5-16(17)10-15/h14-17H,4-13H2,1-3H3,(H,22,23,27)/t15-,16?,17+,21?/m1/s1. The van der Waals surface area contributed by atoms with Crippen molar-refractivity contribution in [1.82, 2.24) is 15.1 Å². The van der Waals surface area contributed by atoms with Gasteiger partial charge < -0.3 is 15.1 Å². The maximum atomic E-state index is 12.7. The summed E-state index contributed by atoms with van der Waals surface area (Å²) in [4.78, 5) is 33.2. The Morgan fingerprint density at radius 3 is 2.61 bits per heavy atom. The van der Waals surface area contributed by atoms with Crippen LogP contribution < -0.4 is 5.32 Å². The Morgan fingerprint density at radius 1 is 1.25 bits per heavy atom. The van der Waals surface area contributed by atoms with Gasteiger partial charge in [-0.15, -0.1) is 0 Å². The SMILES string of the molecule is CN(C)CC(=O)N1CCC(CC2(C)SC(N[C@H]3C[C@@H]4CCC3C4)=NC2=O)CC1. The van der Waals surface area contributed by atoms with E-state index in [-0.39, 0.29) is 11.8 Å². The van der Waals surface area contributed by atoms with E-state index >= 15 is 0 Å². The number of amides is 2. The van der Waals surface area contributed by atoms with E-state index in [0.717, 1.165) is 49.4 Å². The third kappa shape index (κ3) is 4.25. The number of carbonyl (C=O) groups excluding carboxylic acids is 2. The first-order chi connectivity index (χ1) is 13.3. The number of likely N-dealkylation sites (tertiary alicyclic amines) is 1. The largest absolute Gasteiger partial charge is 0.361 e. The summed E-state index contributed by atoms with van der Waals surface area (Å²) >= 11 is 1.65. The van der Waals surface area contributed by atoms with E-state index in [1.807, 2.05) is 23.9 Å². The van der Waals surface area contributed by atoms with Gasteiger partial charge in [0, 0.05) is 19.1 Å². The molecule has 0 radical (unpaired) electrons. The fourth-order valence-corrected chi connectivity index (χ4v) is 6.79. The zero-order valence-corrected chi connectivity index (χ0v) is 18.3. The quantitative estimate of drug-likeness (QED) is 0.759. The summed E-state index contributed by atoms with van der Waals surface area (Å²) in [5.74, 6) is 2.38. The minimum atomic E-state index is -0.444. The summed E-state index contributed by atoms with van der Waals surface area (Å²) in [5, 5.41) is 4.46. The molecular formula is C21H34N4O2S. The number of rotatable bonds is 5. The number of carbonyl (C=O) groups is 2. The van der Waals surface area contributed by atoms with E-state index in [1.165, 1.54) is 25.7 Å². The van der Waals surface area contributed by atoms with E-state index in [4.69, 9.17) is 0 Å². The summed E-state index contributed by atoms with van der Waals surface area (Å²) in [6.45, 7) is 4.15. The van der Waals surface area contributed by atoms with Crippen molar-refractivity contribution in [3.05, 3.63) is 0 Å². The number of hydrogen-bond acceptors (Lipinski definition) is 5. The molecule has 6 nitrogen and oxygen atoms in total. The molecule has 3 fully saturated rings. The molecule has 0 aromatic heterocycles. The number of nitrogens with zero attached hydrogens (tertiary/aromatic N) is 3. The number of likely N-dealkylation sites (N-methyl/N-ethyl adjacent to an activating group) is 1. The van der Waals surface area contributed by atoms with Crippen LogP contribution in [0.2, 0.25) is 0 Å². The van der Waals surface area contributed by atoms with Crippen molar-refractivity contribution >= 4 is 28.7 Å². The van der Waals surface area contributed by atoms with E-state index in [0.29, 0.717) is 18.5 Å². The molecule has 0 aromatic carbocycles. The second-order valence-electron chi connectivity index (χ2n) is 9.75. The van der Waals surface area contributed by atoms with Crippen LogP contribution in [0.1, 0.15) is 51.9 Å². The summed E-state index contributed by atoms with van der Waals surface area (Å²) in [7, 11) is 3.85. The van der Waals surface area contributed by atoms with Gasteiger partial charge in [-0.2, -0.15) is 4.99 Å². The second-order valence-corrected chi connectivity index (χ2v) is 11.2. The molecule has 4 atom stereocenters. The van der Waals surface area contributed by atoms with Crippen LogP contribution in [-0.2, 0) is 9.59 Å². The van der Waals surface area contributed by atoms with Crippen LogP contribution in [0, 0.1) is 17.8 Å². The highest BCUT2D eigenvalue weighted by Gasteiger charge is 2.46. The van der Waals surface area contributed by atoms with Crippen molar-refractivity contribution in [2.24, 2.45) is 22.7 Å². The molecule has 2 saturated carbocycles. The lowest BCUT2D eigenvalue weighted by Crippen LogP contribution is -2.44. The number of aliphatic imine (C=N–C) groups is 1. The lowest BCUT2D eigenvalue weighted by atomic mass is 9.87. The Kier molecular flexibility index (Phi) is 5.76. The average Bonchev–Trinajstić information content (AvgIpc) is 3.30. The monoisotopic (exact) mass is 406 g/mol. The van der Waals surface area contributed by atoms with E-state index in [2.05, 4.69) is 17.2 Å². The van der Waals surface area contributed by atoms with Gasteiger partial charge >= 0.3 is 0 Å². The third-order valence-electron chi connectivity index (χ3n) is 7.12. The Balaban J connectivity index is 1.26. The third-order valence-corrected chi connectivity index (χ3v) is 8.32. The second kappa shape index (κ2) is 7.98. The molecule has 7 heteroatoms. The number of hydrogen-bond donors (Lipinski definition) is 1. The van der Waals surface area contributed by atoms with Crippen molar-refractivity contribution in [1.29, 1.82) is 0 Å². The highest BCUT2D eigenvalue weighted by atomic mass is 32.2. The van der Waals surface area contributed by atoms with Gasteiger partial charge in [0.25, 0.3) is 5.91 Å². The van der Waals surface area contributed by atoms with Crippen LogP contribution in [0.25, 0.3) is 0 Å². The zero-order valence-electron chi connectivity index (χ0n) is 17.4. The minimum Gasteiger partial charge on any atom is -0.361 e. The first-order valence-corrected chi connectivity index (χ1v) is 11.7. The van der Waals surface area contributed by atoms with Gasteiger partial charge in [-0.05, 0) is 77.3 Å². The molecule has 2 aliphatic carbocycles. The highest BCUT2D eigenvalue weighted by Crippen LogP contribution is 2.46. The van der Waals surface area contributed by atoms with E-state index < -0.39 is 4.75 Å². The maximum absolute atomic E-state index is 12.7. The molecular weight excluding hydrogens is 372 g/mol. The van der Waals surface area contributed by atoms with Crippen molar-refractivity contribution in [3.8, 4) is 0 Å². The maximum Gasteiger partial charge on any atom is 0.264 e. The summed E-state index contributed by atoms with van der Waals surface area (Å²) < 4.78 is -0.444. The molecule has 2 aliphatic heterocycles. The molecule has 2 unspecified atom stereocenters. The van der Waals surface area contributed by atoms with E-state index in [1.54, 1.807) is 11.8 Å². The van der Waals surface area contributed by atoms with Crippen LogP contribution in [0.3, 0.4) is 0 Å². The molecule has 4 aliphatic rings. The molecule has 2 amide bonds. The van der Waals surface area contributed by atoms with Crippen molar-refractivity contribution in [3.63, 3.8) is 0 Å². The van der Waals surface area contributed by atoms with Gasteiger partial charge in [-0.25, -0.2) is 0 Å². The van der Waals surface area contributed by atoms with Gasteiger partial charge in [0.05, 0.1) is 6.54 Å². The van der Waals surface area contributed by atoms with Crippen LogP contribution >= 0.6 is 11.8 Å². The topological polar surface area (TPSA) is 65.0 Å². The fourth-order valence-electron chi connectivity index (χ4n) is 5.57. The predicted octanol–water partition coefficient (Wildman–Crippen LogP) is 2.34. The number of piperidine rings is 1. The lowest BCUT2D eigenvalue weighted by molar-refractivity contribution is -0.133. The molecule has 156 valence electrons. The van der Waals surface area contributed by atoms with Crippen molar-refractivity contribution in [2.45, 2.75) is 62.7 Å². The van der Waals surface area contributed by atoms with Crippen LogP contribution in [0.15, 0.2) is 4.99 Å². The fraction of sp³-hybridized carbons (Fsp3) is 0.857. The molecule has 1 N–H and O–H groups in total. The molecule has 2 heterocycles. The van der Waals surface area contributed by atoms with Gasteiger partial charge in [-0.1, -0.05) is 18.2 Å². The Labute approximate surface area is 172 Å². The molecule has 1 saturated heterocycles. The normalized spacial score (nSPS) is 35.7. The molecule has 4 rings (SSSR count). The summed E-state index contributed by atoms with van der Waals surface area (Å²) in [6.07, 6.45) is 8.14. The van der Waals surface area contributed by atoms with Gasteiger partial charge in [0.15, 0.2) is 5.17 Å². The number of fused-ring (bicyclic) bond motifs is 2. The Morgan fingerprint density at radius 2 is 2.00 bits per heavy atom. The van der Waals surface area contributed by atoms with Gasteiger partial charge in [0.1, 0.15) is 4.75 Å². The molecule has 2 bridgehead atoms. The molecule has 28 heavy (non-hydrogen) atoms. The summed E-state index contributed by atoms with van der Waals surface area (Å²) in [6, 6.07) is 0.520. The van der Waals surface area contributed by atoms with Crippen LogP contribution in [0.5, 0.6) is 0 Å². The summed E-state index contributed by atoms with van der Waals surface area (Å²) in [5.41, 5.74) is 0. The zero-order chi connectivity index (χ0) is 19.9. The number of thioether (sulfide) groups is 1. The van der Waals surface area contributed by atoms with Crippen LogP contribution in [0.4, 0.5) is 0 Å². The Bertz CT molecular complexity index is 659. The average molecular weight is 407 g/mol. The smallest absolute Gasteiger partial charge is 0.264 e.